The first-order valence-electron chi connectivity index (χ1n) is 6.10. The Morgan fingerprint density at radius 2 is 2.11 bits per heavy atom. The SMILES string of the molecule is CC(C)C(CN)C(O)c1cc2cccc(F)c2o1. The van der Waals surface area contributed by atoms with Gasteiger partial charge >= 0.3 is 0 Å². The maximum absolute atomic E-state index is 13.5. The molecule has 18 heavy (non-hydrogen) atoms. The fourth-order valence-corrected chi connectivity index (χ4v) is 2.17. The summed E-state index contributed by atoms with van der Waals surface area (Å²) in [5.74, 6) is 0.0794. The summed E-state index contributed by atoms with van der Waals surface area (Å²) >= 11 is 0. The van der Waals surface area contributed by atoms with Crippen molar-refractivity contribution < 1.29 is 13.9 Å². The van der Waals surface area contributed by atoms with Crippen molar-refractivity contribution in [1.82, 2.24) is 0 Å². The van der Waals surface area contributed by atoms with Gasteiger partial charge < -0.3 is 15.3 Å². The van der Waals surface area contributed by atoms with Crippen molar-refractivity contribution in [2.45, 2.75) is 20.0 Å². The van der Waals surface area contributed by atoms with Crippen LogP contribution in [0.2, 0.25) is 0 Å². The first kappa shape index (κ1) is 13.1. The number of nitrogens with two attached hydrogens (primary N) is 1. The Balaban J connectivity index is 2.39. The van der Waals surface area contributed by atoms with Crippen LogP contribution in [0.5, 0.6) is 0 Å². The van der Waals surface area contributed by atoms with Crippen molar-refractivity contribution in [2.24, 2.45) is 17.6 Å². The molecule has 3 N–H and O–H groups in total. The number of hydrogen-bond donors (Lipinski definition) is 2. The Hall–Kier alpha value is -1.39. The molecule has 0 fully saturated rings. The van der Waals surface area contributed by atoms with Crippen LogP contribution in [0, 0.1) is 17.7 Å². The van der Waals surface area contributed by atoms with Crippen LogP contribution < -0.4 is 5.73 Å². The van der Waals surface area contributed by atoms with Gasteiger partial charge in [-0.1, -0.05) is 26.0 Å². The highest BCUT2D eigenvalue weighted by molar-refractivity contribution is 5.78. The molecule has 0 saturated heterocycles. The average molecular weight is 251 g/mol. The molecule has 2 atom stereocenters. The lowest BCUT2D eigenvalue weighted by Crippen LogP contribution is -2.26. The van der Waals surface area contributed by atoms with Crippen LogP contribution in [0.1, 0.15) is 25.7 Å². The molecular formula is C14H18FNO2. The molecule has 98 valence electrons. The summed E-state index contributed by atoms with van der Waals surface area (Å²) in [5.41, 5.74) is 5.85. The van der Waals surface area contributed by atoms with Crippen LogP contribution in [-0.4, -0.2) is 11.7 Å². The van der Waals surface area contributed by atoms with Gasteiger partial charge in [-0.25, -0.2) is 4.39 Å². The van der Waals surface area contributed by atoms with E-state index in [0.29, 0.717) is 17.7 Å². The Kier molecular flexibility index (Phi) is 3.68. The number of aliphatic hydroxyl groups excluding tert-OH is 1. The zero-order valence-corrected chi connectivity index (χ0v) is 10.6. The summed E-state index contributed by atoms with van der Waals surface area (Å²) in [6.45, 7) is 4.34. The van der Waals surface area contributed by atoms with Gasteiger partial charge in [0.25, 0.3) is 0 Å². The zero-order chi connectivity index (χ0) is 13.3. The van der Waals surface area contributed by atoms with E-state index in [9.17, 15) is 9.50 Å². The second-order valence-electron chi connectivity index (χ2n) is 4.90. The van der Waals surface area contributed by atoms with Gasteiger partial charge in [0.05, 0.1) is 0 Å². The standard InChI is InChI=1S/C14H18FNO2/c1-8(2)10(7-16)13(17)12-6-9-4-3-5-11(15)14(9)18-12/h3-6,8,10,13,17H,7,16H2,1-2H3. The van der Waals surface area contributed by atoms with Gasteiger partial charge in [-0.2, -0.15) is 0 Å². The van der Waals surface area contributed by atoms with E-state index in [4.69, 9.17) is 10.2 Å². The third-order valence-corrected chi connectivity index (χ3v) is 3.34. The van der Waals surface area contributed by atoms with E-state index in [2.05, 4.69) is 0 Å². The molecule has 2 aromatic rings. The molecule has 2 rings (SSSR count). The molecule has 1 aromatic carbocycles. The number of hydrogen-bond acceptors (Lipinski definition) is 3. The Morgan fingerprint density at radius 1 is 1.39 bits per heavy atom. The summed E-state index contributed by atoms with van der Waals surface area (Å²) in [6.07, 6.45) is -0.804. The smallest absolute Gasteiger partial charge is 0.170 e. The van der Waals surface area contributed by atoms with Crippen LogP contribution in [-0.2, 0) is 0 Å². The van der Waals surface area contributed by atoms with E-state index >= 15 is 0 Å². The van der Waals surface area contributed by atoms with E-state index in [0.717, 1.165) is 0 Å². The lowest BCUT2D eigenvalue weighted by molar-refractivity contribution is 0.0675. The van der Waals surface area contributed by atoms with Crippen LogP contribution >= 0.6 is 0 Å². The average Bonchev–Trinajstić information content (AvgIpc) is 2.74. The first-order valence-corrected chi connectivity index (χ1v) is 6.10. The number of rotatable bonds is 4. The van der Waals surface area contributed by atoms with Crippen molar-refractivity contribution in [2.75, 3.05) is 6.54 Å². The minimum atomic E-state index is -0.804. The predicted octanol–water partition coefficient (Wildman–Crippen LogP) is 2.84. The van der Waals surface area contributed by atoms with E-state index in [-0.39, 0.29) is 17.4 Å². The van der Waals surface area contributed by atoms with Crippen LogP contribution in [0.15, 0.2) is 28.7 Å². The number of para-hydroxylation sites is 1. The zero-order valence-electron chi connectivity index (χ0n) is 10.6. The van der Waals surface area contributed by atoms with Crippen LogP contribution in [0.3, 0.4) is 0 Å². The molecule has 0 aliphatic rings. The summed E-state index contributed by atoms with van der Waals surface area (Å²) in [4.78, 5) is 0. The van der Waals surface area contributed by atoms with Crippen molar-refractivity contribution in [3.05, 3.63) is 35.8 Å². The van der Waals surface area contributed by atoms with Crippen molar-refractivity contribution in [1.29, 1.82) is 0 Å². The predicted molar refractivity (Wildman–Crippen MR) is 68.5 cm³/mol. The van der Waals surface area contributed by atoms with Crippen molar-refractivity contribution in [3.63, 3.8) is 0 Å². The molecule has 0 aliphatic carbocycles. The third-order valence-electron chi connectivity index (χ3n) is 3.34. The number of furan rings is 1. The Labute approximate surface area is 105 Å². The second kappa shape index (κ2) is 5.08. The molecule has 1 aromatic heterocycles. The van der Waals surface area contributed by atoms with Gasteiger partial charge in [-0.05, 0) is 24.6 Å². The second-order valence-corrected chi connectivity index (χ2v) is 4.90. The topological polar surface area (TPSA) is 59.4 Å². The molecule has 0 radical (unpaired) electrons. The Bertz CT molecular complexity index is 536. The number of benzene rings is 1. The molecule has 2 unspecified atom stereocenters. The molecule has 0 bridgehead atoms. The highest BCUT2D eigenvalue weighted by Gasteiger charge is 2.26. The van der Waals surface area contributed by atoms with Gasteiger partial charge in [0.2, 0.25) is 0 Å². The van der Waals surface area contributed by atoms with Gasteiger partial charge in [-0.15, -0.1) is 0 Å². The first-order chi connectivity index (χ1) is 8.54. The maximum atomic E-state index is 13.5. The lowest BCUT2D eigenvalue weighted by atomic mass is 9.89. The Morgan fingerprint density at radius 3 is 2.67 bits per heavy atom. The fourth-order valence-electron chi connectivity index (χ4n) is 2.17. The summed E-state index contributed by atoms with van der Waals surface area (Å²) in [7, 11) is 0. The minimum absolute atomic E-state index is 0.103. The van der Waals surface area contributed by atoms with E-state index in [1.807, 2.05) is 13.8 Å². The maximum Gasteiger partial charge on any atom is 0.170 e. The molecule has 1 heterocycles. The van der Waals surface area contributed by atoms with Crippen LogP contribution in [0.25, 0.3) is 11.0 Å². The minimum Gasteiger partial charge on any atom is -0.455 e. The molecule has 0 spiro atoms. The van der Waals surface area contributed by atoms with Crippen molar-refractivity contribution >= 4 is 11.0 Å². The molecule has 4 heteroatoms. The monoisotopic (exact) mass is 251 g/mol. The van der Waals surface area contributed by atoms with Crippen LogP contribution in [0.4, 0.5) is 4.39 Å². The van der Waals surface area contributed by atoms with E-state index in [1.165, 1.54) is 6.07 Å². The van der Waals surface area contributed by atoms with Crippen molar-refractivity contribution in [3.8, 4) is 0 Å². The lowest BCUT2D eigenvalue weighted by Gasteiger charge is -2.23. The summed E-state index contributed by atoms with van der Waals surface area (Å²) in [6, 6.07) is 6.39. The quantitative estimate of drug-likeness (QED) is 0.878. The number of aliphatic hydroxyl groups is 1. The number of halogens is 1. The molecule has 3 nitrogen and oxygen atoms in total. The summed E-state index contributed by atoms with van der Waals surface area (Å²) in [5, 5.41) is 10.9. The molecule has 0 amide bonds. The third kappa shape index (κ3) is 2.26. The normalized spacial score (nSPS) is 15.2. The van der Waals surface area contributed by atoms with Gasteiger partial charge in [-0.3, -0.25) is 0 Å². The van der Waals surface area contributed by atoms with E-state index in [1.54, 1.807) is 18.2 Å². The fraction of sp³-hybridized carbons (Fsp3) is 0.429. The highest BCUT2D eigenvalue weighted by Crippen LogP contribution is 2.32. The summed E-state index contributed by atoms with van der Waals surface area (Å²) < 4.78 is 18.9. The largest absolute Gasteiger partial charge is 0.455 e. The van der Waals surface area contributed by atoms with Gasteiger partial charge in [0.15, 0.2) is 11.4 Å². The molecule has 0 saturated carbocycles. The van der Waals surface area contributed by atoms with Gasteiger partial charge in [0, 0.05) is 11.3 Å². The van der Waals surface area contributed by atoms with E-state index < -0.39 is 11.9 Å². The number of fused-ring (bicyclic) bond motifs is 1. The highest BCUT2D eigenvalue weighted by atomic mass is 19.1. The molecule has 0 aliphatic heterocycles. The molecular weight excluding hydrogens is 233 g/mol. The van der Waals surface area contributed by atoms with Gasteiger partial charge in [0.1, 0.15) is 11.9 Å².